The minimum absolute atomic E-state index is 0.0924. The Kier molecular flexibility index (Phi) is 13.5. The summed E-state index contributed by atoms with van der Waals surface area (Å²) >= 11 is 14.6. The lowest BCUT2D eigenvalue weighted by Gasteiger charge is -2.40. The second-order valence-electron chi connectivity index (χ2n) is 9.88. The largest absolute Gasteiger partial charge is 0.482 e. The van der Waals surface area contributed by atoms with E-state index >= 15 is 0 Å². The van der Waals surface area contributed by atoms with E-state index in [0.29, 0.717) is 27.8 Å². The number of aliphatic hydroxyl groups excluding tert-OH is 2. The van der Waals surface area contributed by atoms with Gasteiger partial charge in [0, 0.05) is 31.5 Å². The van der Waals surface area contributed by atoms with Crippen LogP contribution in [0.2, 0.25) is 10.0 Å². The molecule has 0 heterocycles. The van der Waals surface area contributed by atoms with Crippen LogP contribution in [0.1, 0.15) is 57.4 Å². The van der Waals surface area contributed by atoms with E-state index in [1.807, 2.05) is 18.2 Å². The van der Waals surface area contributed by atoms with Crippen LogP contribution in [0.3, 0.4) is 0 Å². The number of nitrogens with one attached hydrogen (secondary N) is 1. The highest BCUT2D eigenvalue weighted by Crippen LogP contribution is 2.32. The fourth-order valence-electron chi connectivity index (χ4n) is 4.71. The number of ether oxygens (including phenoxy) is 1. The number of benzene rings is 2. The molecular weight excluding hydrogens is 666 g/mol. The number of rotatable bonds is 14. The van der Waals surface area contributed by atoms with Gasteiger partial charge in [-0.15, -0.1) is 0 Å². The second-order valence-corrected chi connectivity index (χ2v) is 11.9. The number of amides is 2. The normalized spacial score (nSPS) is 18.6. The molecule has 2 amide bonds. The summed E-state index contributed by atoms with van der Waals surface area (Å²) in [5, 5.41) is 24.3. The molecule has 0 aliphatic heterocycles. The third-order valence-corrected chi connectivity index (χ3v) is 8.50. The number of hydrogen-bond donors (Lipinski definition) is 3. The molecule has 0 saturated carbocycles. The number of nitrogens with zero attached hydrogens (tertiary/aromatic N) is 1. The first-order valence-corrected chi connectivity index (χ1v) is 15.5. The molecule has 0 fully saturated rings. The summed E-state index contributed by atoms with van der Waals surface area (Å²) in [6, 6.07) is 11.9. The van der Waals surface area contributed by atoms with Crippen LogP contribution in [0.4, 0.5) is 0 Å². The molecule has 218 valence electrons. The first kappa shape index (κ1) is 32.7. The topological polar surface area (TPSA) is 99.1 Å². The van der Waals surface area contributed by atoms with E-state index < -0.39 is 18.2 Å². The van der Waals surface area contributed by atoms with E-state index in [1.54, 1.807) is 35.2 Å². The van der Waals surface area contributed by atoms with Gasteiger partial charge in [-0.25, -0.2) is 0 Å². The molecule has 40 heavy (non-hydrogen) atoms. The van der Waals surface area contributed by atoms with Crippen molar-refractivity contribution < 1.29 is 24.5 Å². The van der Waals surface area contributed by atoms with Crippen molar-refractivity contribution in [2.75, 3.05) is 13.2 Å². The third kappa shape index (κ3) is 9.34. The molecule has 3 atom stereocenters. The van der Waals surface area contributed by atoms with E-state index in [9.17, 15) is 19.8 Å². The standard InChI is InChI=1S/C30H37Cl2IN2O5/c1-2-3-4-5-6-11-28(37)35(19-20-12-13-22(31)23(32)16-20)25-17-21(30(39)34-14-15-36)18-27(29(25)38)40-26-10-8-7-9-24(26)33/h7-10,12-13,16,18,25,27,29,36,38H,2-6,11,14-15,17,19H2,1H3,(H,34,39). The Balaban J connectivity index is 1.94. The van der Waals surface area contributed by atoms with Crippen LogP contribution in [0.5, 0.6) is 5.75 Å². The Morgan fingerprint density at radius 3 is 2.55 bits per heavy atom. The summed E-state index contributed by atoms with van der Waals surface area (Å²) in [5.41, 5.74) is 1.14. The quantitative estimate of drug-likeness (QED) is 0.168. The highest BCUT2D eigenvalue weighted by molar-refractivity contribution is 14.1. The number of halogens is 3. The molecule has 3 unspecified atom stereocenters. The van der Waals surface area contributed by atoms with Crippen LogP contribution in [0.15, 0.2) is 54.1 Å². The molecule has 7 nitrogen and oxygen atoms in total. The smallest absolute Gasteiger partial charge is 0.247 e. The summed E-state index contributed by atoms with van der Waals surface area (Å²) < 4.78 is 7.07. The molecule has 3 rings (SSSR count). The van der Waals surface area contributed by atoms with Crippen molar-refractivity contribution in [2.24, 2.45) is 0 Å². The van der Waals surface area contributed by atoms with Crippen LogP contribution in [-0.4, -0.2) is 58.3 Å². The zero-order valence-corrected chi connectivity index (χ0v) is 26.3. The van der Waals surface area contributed by atoms with Crippen molar-refractivity contribution >= 4 is 57.6 Å². The molecule has 0 aromatic heterocycles. The van der Waals surface area contributed by atoms with Crippen LogP contribution in [0, 0.1) is 3.57 Å². The van der Waals surface area contributed by atoms with Crippen LogP contribution in [-0.2, 0) is 16.1 Å². The molecule has 0 radical (unpaired) electrons. The third-order valence-electron chi connectivity index (χ3n) is 6.87. The van der Waals surface area contributed by atoms with Crippen molar-refractivity contribution in [1.82, 2.24) is 10.2 Å². The summed E-state index contributed by atoms with van der Waals surface area (Å²) in [5.74, 6) is 0.0814. The maximum atomic E-state index is 13.7. The maximum Gasteiger partial charge on any atom is 0.247 e. The minimum Gasteiger partial charge on any atom is -0.482 e. The number of aliphatic hydroxyl groups is 2. The number of hydrogen-bond acceptors (Lipinski definition) is 5. The van der Waals surface area contributed by atoms with Gasteiger partial charge >= 0.3 is 0 Å². The van der Waals surface area contributed by atoms with Crippen molar-refractivity contribution in [3.05, 3.63) is 73.3 Å². The van der Waals surface area contributed by atoms with Gasteiger partial charge < -0.3 is 25.2 Å². The highest BCUT2D eigenvalue weighted by atomic mass is 127. The molecule has 2 aromatic carbocycles. The summed E-state index contributed by atoms with van der Waals surface area (Å²) in [4.78, 5) is 28.4. The van der Waals surface area contributed by atoms with Crippen molar-refractivity contribution in [2.45, 2.75) is 76.7 Å². The van der Waals surface area contributed by atoms with Crippen molar-refractivity contribution in [3.8, 4) is 5.75 Å². The Morgan fingerprint density at radius 1 is 1.10 bits per heavy atom. The lowest BCUT2D eigenvalue weighted by molar-refractivity contribution is -0.139. The SMILES string of the molecule is CCCCCCCC(=O)N(Cc1ccc(Cl)c(Cl)c1)C1CC(C(=O)NCCO)=CC(Oc2ccccc2I)C1O. The van der Waals surface area contributed by atoms with Gasteiger partial charge in [-0.2, -0.15) is 0 Å². The minimum atomic E-state index is -1.10. The fourth-order valence-corrected chi connectivity index (χ4v) is 5.55. The average molecular weight is 703 g/mol. The number of carbonyl (C=O) groups excluding carboxylic acids is 2. The Hall–Kier alpha value is -1.85. The zero-order valence-electron chi connectivity index (χ0n) is 22.6. The van der Waals surface area contributed by atoms with Gasteiger partial charge in [0.05, 0.1) is 26.3 Å². The van der Waals surface area contributed by atoms with E-state index in [2.05, 4.69) is 34.8 Å². The first-order valence-electron chi connectivity index (χ1n) is 13.7. The molecular formula is C30H37Cl2IN2O5. The lowest BCUT2D eigenvalue weighted by Crippen LogP contribution is -2.54. The van der Waals surface area contributed by atoms with Gasteiger partial charge in [-0.05, 0) is 64.9 Å². The Bertz CT molecular complexity index is 1180. The molecule has 10 heteroatoms. The van der Waals surface area contributed by atoms with Crippen molar-refractivity contribution in [3.63, 3.8) is 0 Å². The van der Waals surface area contributed by atoms with Gasteiger partial charge in [-0.3, -0.25) is 9.59 Å². The Morgan fingerprint density at radius 2 is 1.85 bits per heavy atom. The predicted molar refractivity (Wildman–Crippen MR) is 167 cm³/mol. The lowest BCUT2D eigenvalue weighted by atomic mass is 9.87. The van der Waals surface area contributed by atoms with Gasteiger partial charge in [0.2, 0.25) is 11.8 Å². The molecule has 2 aromatic rings. The maximum absolute atomic E-state index is 13.7. The van der Waals surface area contributed by atoms with Crippen LogP contribution in [0.25, 0.3) is 0 Å². The highest BCUT2D eigenvalue weighted by Gasteiger charge is 2.40. The zero-order chi connectivity index (χ0) is 29.1. The van der Waals surface area contributed by atoms with Crippen LogP contribution < -0.4 is 10.1 Å². The number of unbranched alkanes of at least 4 members (excludes halogenated alkanes) is 4. The summed E-state index contributed by atoms with van der Waals surface area (Å²) in [7, 11) is 0. The van der Waals surface area contributed by atoms with Gasteiger partial charge in [0.15, 0.2) is 0 Å². The molecule has 3 N–H and O–H groups in total. The molecule has 1 aliphatic rings. The first-order chi connectivity index (χ1) is 19.2. The van der Waals surface area contributed by atoms with Crippen molar-refractivity contribution in [1.29, 1.82) is 0 Å². The second kappa shape index (κ2) is 16.6. The number of para-hydroxylation sites is 1. The predicted octanol–water partition coefficient (Wildman–Crippen LogP) is 5.90. The molecule has 0 spiro atoms. The fraction of sp³-hybridized carbons (Fsp3) is 0.467. The average Bonchev–Trinajstić information content (AvgIpc) is 2.94. The molecule has 1 aliphatic carbocycles. The molecule has 0 bridgehead atoms. The summed E-state index contributed by atoms with van der Waals surface area (Å²) in [6.07, 6.45) is 5.07. The molecule has 0 saturated heterocycles. The van der Waals surface area contributed by atoms with Gasteiger partial charge in [-0.1, -0.05) is 74.0 Å². The van der Waals surface area contributed by atoms with E-state index in [0.717, 1.165) is 41.2 Å². The van der Waals surface area contributed by atoms with Gasteiger partial charge in [0.1, 0.15) is 18.0 Å². The van der Waals surface area contributed by atoms with Gasteiger partial charge in [0.25, 0.3) is 0 Å². The monoisotopic (exact) mass is 702 g/mol. The Labute approximate surface area is 260 Å². The van der Waals surface area contributed by atoms with E-state index in [-0.39, 0.29) is 37.9 Å². The number of carbonyl (C=O) groups is 2. The van der Waals surface area contributed by atoms with E-state index in [4.69, 9.17) is 27.9 Å². The van der Waals surface area contributed by atoms with E-state index in [1.165, 1.54) is 0 Å². The summed E-state index contributed by atoms with van der Waals surface area (Å²) in [6.45, 7) is 2.22. The van der Waals surface area contributed by atoms with Crippen LogP contribution >= 0.6 is 45.8 Å².